The summed E-state index contributed by atoms with van der Waals surface area (Å²) in [6.45, 7) is 4.42. The fraction of sp³-hybridized carbons (Fsp3) is 0.923. The van der Waals surface area contributed by atoms with Gasteiger partial charge in [-0.2, -0.15) is 11.8 Å². The highest BCUT2D eigenvalue weighted by Gasteiger charge is 2.27. The average molecular weight is 319 g/mol. The smallest absolute Gasteiger partial charge is 0.191 e. The van der Waals surface area contributed by atoms with Crippen LogP contribution in [0.5, 0.6) is 0 Å². The lowest BCUT2D eigenvalue weighted by molar-refractivity contribution is 0.589. The molecule has 2 atom stereocenters. The Bertz CT molecular complexity index is 431. The van der Waals surface area contributed by atoms with Gasteiger partial charge < -0.3 is 10.6 Å². The second-order valence-electron chi connectivity index (χ2n) is 5.50. The van der Waals surface area contributed by atoms with Crippen molar-refractivity contribution in [1.82, 2.24) is 10.6 Å². The zero-order chi connectivity index (χ0) is 14.4. The molecule has 2 N–H and O–H groups in total. The number of thioether (sulfide) groups is 1. The molecule has 0 aromatic rings. The van der Waals surface area contributed by atoms with E-state index >= 15 is 0 Å². The molecular weight excluding hydrogens is 294 g/mol. The maximum Gasteiger partial charge on any atom is 0.191 e. The highest BCUT2D eigenvalue weighted by atomic mass is 32.2. The van der Waals surface area contributed by atoms with Crippen LogP contribution in [0.25, 0.3) is 0 Å². The van der Waals surface area contributed by atoms with Gasteiger partial charge in [-0.3, -0.25) is 4.99 Å². The molecule has 7 heteroatoms. The number of rotatable bonds is 5. The second-order valence-corrected chi connectivity index (χ2v) is 9.14. The third-order valence-electron chi connectivity index (χ3n) is 3.70. The predicted octanol–water partition coefficient (Wildman–Crippen LogP) is 0.872. The van der Waals surface area contributed by atoms with E-state index in [1.165, 1.54) is 18.6 Å². The van der Waals surface area contributed by atoms with Gasteiger partial charge in [-0.1, -0.05) is 0 Å². The monoisotopic (exact) mass is 319 g/mol. The number of sulfone groups is 1. The molecule has 0 saturated carbocycles. The molecule has 0 bridgehead atoms. The van der Waals surface area contributed by atoms with Crippen LogP contribution < -0.4 is 10.6 Å². The lowest BCUT2D eigenvalue weighted by Gasteiger charge is -2.15. The Balaban J connectivity index is 1.79. The molecule has 0 aliphatic carbocycles. The molecule has 2 aliphatic rings. The van der Waals surface area contributed by atoms with E-state index in [2.05, 4.69) is 15.6 Å². The van der Waals surface area contributed by atoms with Gasteiger partial charge >= 0.3 is 0 Å². The Morgan fingerprint density at radius 2 is 2.20 bits per heavy atom. The molecule has 0 spiro atoms. The van der Waals surface area contributed by atoms with Crippen LogP contribution in [-0.4, -0.2) is 56.5 Å². The van der Waals surface area contributed by atoms with Gasteiger partial charge in [0.15, 0.2) is 15.8 Å². The first-order valence-electron chi connectivity index (χ1n) is 7.43. The van der Waals surface area contributed by atoms with Crippen LogP contribution in [0.2, 0.25) is 0 Å². The normalized spacial score (nSPS) is 29.6. The summed E-state index contributed by atoms with van der Waals surface area (Å²) in [6, 6.07) is 0. The summed E-state index contributed by atoms with van der Waals surface area (Å²) in [5.74, 6) is 2.91. The summed E-state index contributed by atoms with van der Waals surface area (Å²) < 4.78 is 22.9. The van der Waals surface area contributed by atoms with Crippen molar-refractivity contribution in [3.63, 3.8) is 0 Å². The summed E-state index contributed by atoms with van der Waals surface area (Å²) in [5, 5.41) is 7.29. The molecule has 0 radical (unpaired) electrons. The molecule has 2 heterocycles. The number of hydrogen-bond donors (Lipinski definition) is 2. The Morgan fingerprint density at radius 1 is 1.35 bits per heavy atom. The van der Waals surface area contributed by atoms with Crippen molar-refractivity contribution in [1.29, 1.82) is 0 Å². The molecular formula is C13H25N3O2S2. The minimum atomic E-state index is -2.79. The second kappa shape index (κ2) is 7.54. The van der Waals surface area contributed by atoms with Gasteiger partial charge in [-0.25, -0.2) is 8.42 Å². The van der Waals surface area contributed by atoms with Gasteiger partial charge in [0.05, 0.1) is 11.5 Å². The van der Waals surface area contributed by atoms with Crippen LogP contribution in [0.4, 0.5) is 0 Å². The summed E-state index contributed by atoms with van der Waals surface area (Å²) in [4.78, 5) is 4.54. The van der Waals surface area contributed by atoms with E-state index < -0.39 is 9.84 Å². The van der Waals surface area contributed by atoms with Crippen LogP contribution in [-0.2, 0) is 9.84 Å². The van der Waals surface area contributed by atoms with Crippen molar-refractivity contribution in [2.45, 2.75) is 31.4 Å². The van der Waals surface area contributed by atoms with Crippen LogP contribution >= 0.6 is 11.8 Å². The maximum atomic E-state index is 11.4. The van der Waals surface area contributed by atoms with Gasteiger partial charge in [-0.15, -0.1) is 0 Å². The molecule has 0 amide bonds. The van der Waals surface area contributed by atoms with E-state index in [-0.39, 0.29) is 5.92 Å². The summed E-state index contributed by atoms with van der Waals surface area (Å²) in [6.07, 6.45) is 3.34. The van der Waals surface area contributed by atoms with Crippen molar-refractivity contribution in [3.8, 4) is 0 Å². The molecule has 20 heavy (non-hydrogen) atoms. The van der Waals surface area contributed by atoms with Gasteiger partial charge in [0.1, 0.15) is 0 Å². The van der Waals surface area contributed by atoms with Crippen LogP contribution in [0.15, 0.2) is 4.99 Å². The largest absolute Gasteiger partial charge is 0.357 e. The first-order chi connectivity index (χ1) is 9.59. The van der Waals surface area contributed by atoms with Gasteiger partial charge in [-0.05, 0) is 37.9 Å². The van der Waals surface area contributed by atoms with E-state index in [1.807, 2.05) is 18.7 Å². The maximum absolute atomic E-state index is 11.4. The van der Waals surface area contributed by atoms with E-state index in [0.717, 1.165) is 25.5 Å². The molecule has 2 fully saturated rings. The predicted molar refractivity (Wildman–Crippen MR) is 86.2 cm³/mol. The van der Waals surface area contributed by atoms with Gasteiger partial charge in [0, 0.05) is 24.9 Å². The van der Waals surface area contributed by atoms with Crippen LogP contribution in [0.1, 0.15) is 26.2 Å². The Kier molecular flexibility index (Phi) is 6.01. The summed E-state index contributed by atoms with van der Waals surface area (Å²) in [7, 11) is -2.79. The molecule has 5 nitrogen and oxygen atoms in total. The zero-order valence-electron chi connectivity index (χ0n) is 12.1. The van der Waals surface area contributed by atoms with Crippen molar-refractivity contribution in [2.75, 3.05) is 36.9 Å². The molecule has 0 aromatic heterocycles. The van der Waals surface area contributed by atoms with Crippen molar-refractivity contribution in [2.24, 2.45) is 10.9 Å². The van der Waals surface area contributed by atoms with E-state index in [0.29, 0.717) is 23.3 Å². The highest BCUT2D eigenvalue weighted by Crippen LogP contribution is 2.25. The van der Waals surface area contributed by atoms with Crippen LogP contribution in [0.3, 0.4) is 0 Å². The van der Waals surface area contributed by atoms with Crippen molar-refractivity contribution >= 4 is 27.6 Å². The Hall–Kier alpha value is -0.430. The van der Waals surface area contributed by atoms with E-state index in [4.69, 9.17) is 0 Å². The van der Waals surface area contributed by atoms with Crippen LogP contribution in [0, 0.1) is 5.92 Å². The first-order valence-corrected chi connectivity index (χ1v) is 10.3. The number of guanidine groups is 1. The fourth-order valence-electron chi connectivity index (χ4n) is 2.59. The number of nitrogens with one attached hydrogen (secondary N) is 2. The first kappa shape index (κ1) is 15.9. The summed E-state index contributed by atoms with van der Waals surface area (Å²) in [5.41, 5.74) is 0. The number of aliphatic imine (C=N–C) groups is 1. The highest BCUT2D eigenvalue weighted by molar-refractivity contribution is 8.00. The Morgan fingerprint density at radius 3 is 2.80 bits per heavy atom. The topological polar surface area (TPSA) is 70.6 Å². The van der Waals surface area contributed by atoms with Crippen molar-refractivity contribution < 1.29 is 8.42 Å². The molecule has 2 aliphatic heterocycles. The van der Waals surface area contributed by atoms with Gasteiger partial charge in [0.25, 0.3) is 0 Å². The quantitative estimate of drug-likeness (QED) is 0.581. The number of nitrogens with zero attached hydrogens (tertiary/aromatic N) is 1. The molecule has 116 valence electrons. The molecule has 2 rings (SSSR count). The lowest BCUT2D eigenvalue weighted by atomic mass is 10.1. The molecule has 0 aromatic carbocycles. The standard InChI is InChI=1S/C13H25N3O2S2/c1-2-14-13(16-9-12-4-3-6-19-12)15-8-11-5-7-20(17,18)10-11/h11-12H,2-10H2,1H3,(H2,14,15,16). The van der Waals surface area contributed by atoms with E-state index in [9.17, 15) is 8.42 Å². The third kappa shape index (κ3) is 5.16. The fourth-order valence-corrected chi connectivity index (χ4v) is 5.64. The van der Waals surface area contributed by atoms with Gasteiger partial charge in [0.2, 0.25) is 0 Å². The summed E-state index contributed by atoms with van der Waals surface area (Å²) >= 11 is 2.02. The molecule has 2 saturated heterocycles. The SMILES string of the molecule is CCNC(=NCC1CCS(=O)(=O)C1)NCC1CCCS1. The molecule has 2 unspecified atom stereocenters. The Labute approximate surface area is 126 Å². The van der Waals surface area contributed by atoms with E-state index in [1.54, 1.807) is 0 Å². The van der Waals surface area contributed by atoms with Crippen molar-refractivity contribution in [3.05, 3.63) is 0 Å². The minimum Gasteiger partial charge on any atom is -0.357 e. The average Bonchev–Trinajstić information content (AvgIpc) is 3.02. The third-order valence-corrected chi connectivity index (χ3v) is 6.93. The zero-order valence-corrected chi connectivity index (χ0v) is 13.7. The minimum absolute atomic E-state index is 0.191. The lowest BCUT2D eigenvalue weighted by Crippen LogP contribution is -2.40. The number of hydrogen-bond acceptors (Lipinski definition) is 4.